The van der Waals surface area contributed by atoms with Gasteiger partial charge in [-0.15, -0.1) is 0 Å². The lowest BCUT2D eigenvalue weighted by Gasteiger charge is -2.36. The number of aryl methyl sites for hydroxylation is 1. The minimum Gasteiger partial charge on any atom is -0.467 e. The lowest BCUT2D eigenvalue weighted by atomic mass is 9.84. The lowest BCUT2D eigenvalue weighted by Crippen LogP contribution is -2.55. The molecule has 1 aromatic carbocycles. The number of rotatable bonds is 13. The molecule has 244 valence electrons. The van der Waals surface area contributed by atoms with E-state index in [1.165, 1.54) is 5.56 Å². The smallest absolute Gasteiger partial charge is 0.293 e. The number of nitrogens with one attached hydrogen (secondary N) is 1. The molecule has 2 fully saturated rings. The second-order valence-corrected chi connectivity index (χ2v) is 12.8. The van der Waals surface area contributed by atoms with Crippen LogP contribution in [0, 0.1) is 5.41 Å². The molecule has 1 amide bonds. The lowest BCUT2D eigenvalue weighted by molar-refractivity contribution is -0.138. The summed E-state index contributed by atoms with van der Waals surface area (Å²) in [6, 6.07) is 10.1. The van der Waals surface area contributed by atoms with Crippen molar-refractivity contribution >= 4 is 29.0 Å². The van der Waals surface area contributed by atoms with E-state index in [9.17, 15) is 9.59 Å². The number of hydrazine groups is 1. The highest BCUT2D eigenvalue weighted by atomic mass is 16.5. The summed E-state index contributed by atoms with van der Waals surface area (Å²) < 4.78 is 19.2. The van der Waals surface area contributed by atoms with Gasteiger partial charge in [0.15, 0.2) is 0 Å². The summed E-state index contributed by atoms with van der Waals surface area (Å²) >= 11 is 0. The highest BCUT2D eigenvalue weighted by Gasteiger charge is 2.31. The van der Waals surface area contributed by atoms with Crippen LogP contribution in [0.1, 0.15) is 51.3 Å². The van der Waals surface area contributed by atoms with Crippen LogP contribution < -0.4 is 16.1 Å². The summed E-state index contributed by atoms with van der Waals surface area (Å²) in [6.45, 7) is 11.8. The van der Waals surface area contributed by atoms with Gasteiger partial charge in [0.25, 0.3) is 12.4 Å². The van der Waals surface area contributed by atoms with E-state index in [-0.39, 0.29) is 17.4 Å². The van der Waals surface area contributed by atoms with E-state index in [0.29, 0.717) is 52.2 Å². The fourth-order valence-corrected chi connectivity index (χ4v) is 6.68. The number of pyridine rings is 1. The van der Waals surface area contributed by atoms with Crippen molar-refractivity contribution in [3.8, 4) is 11.3 Å². The first-order valence-corrected chi connectivity index (χ1v) is 16.1. The molecule has 2 aliphatic rings. The number of benzene rings is 1. The Hall–Kier alpha value is -3.51. The third-order valence-electron chi connectivity index (χ3n) is 8.81. The summed E-state index contributed by atoms with van der Waals surface area (Å²) in [5.74, 6) is -0.0701. The summed E-state index contributed by atoms with van der Waals surface area (Å²) in [5.41, 5.74) is 15.7. The van der Waals surface area contributed by atoms with E-state index in [4.69, 9.17) is 19.9 Å². The molecule has 5 rings (SSSR count). The van der Waals surface area contributed by atoms with Gasteiger partial charge in [0, 0.05) is 73.6 Å². The maximum absolute atomic E-state index is 13.0. The number of carbonyl (C=O) groups excluding carboxylic acids is 2. The molecule has 2 unspecified atom stereocenters. The molecule has 11 heteroatoms. The van der Waals surface area contributed by atoms with Crippen LogP contribution in [0.5, 0.6) is 0 Å². The van der Waals surface area contributed by atoms with Gasteiger partial charge in [-0.05, 0) is 68.5 Å². The number of fused-ring (bicyclic) bond motifs is 1. The number of nitrogens with zero attached hydrogens (tertiary/aromatic N) is 4. The Labute approximate surface area is 266 Å². The van der Waals surface area contributed by atoms with Gasteiger partial charge >= 0.3 is 0 Å². The fourth-order valence-electron chi connectivity index (χ4n) is 6.68. The number of nitrogens with two attached hydrogens (primary N) is 1. The molecule has 3 aromatic rings. The third kappa shape index (κ3) is 7.49. The Bertz CT molecular complexity index is 1470. The molecule has 2 atom stereocenters. The highest BCUT2D eigenvalue weighted by Crippen LogP contribution is 2.40. The Morgan fingerprint density at radius 2 is 2.11 bits per heavy atom. The van der Waals surface area contributed by atoms with E-state index in [2.05, 4.69) is 64.9 Å². The molecule has 11 nitrogen and oxygen atoms in total. The van der Waals surface area contributed by atoms with E-state index >= 15 is 0 Å². The fraction of sp³-hybridized carbons (Fsp3) is 0.559. The summed E-state index contributed by atoms with van der Waals surface area (Å²) in [4.78, 5) is 31.1. The van der Waals surface area contributed by atoms with Crippen LogP contribution in [0.3, 0.4) is 0 Å². The number of ether oxygens (including phenoxy) is 3. The average molecular weight is 621 g/mol. The van der Waals surface area contributed by atoms with Crippen LogP contribution in [0.2, 0.25) is 0 Å². The number of hydrogen-bond donors (Lipinski definition) is 2. The van der Waals surface area contributed by atoms with Crippen LogP contribution in [-0.4, -0.2) is 85.6 Å². The van der Waals surface area contributed by atoms with E-state index in [0.717, 1.165) is 66.0 Å². The van der Waals surface area contributed by atoms with Gasteiger partial charge in [0.2, 0.25) is 0 Å². The maximum Gasteiger partial charge on any atom is 0.293 e. The molecule has 0 saturated carbocycles. The minimum absolute atomic E-state index is 0.0701. The van der Waals surface area contributed by atoms with Gasteiger partial charge < -0.3 is 29.4 Å². The normalized spacial score (nSPS) is 18.3. The van der Waals surface area contributed by atoms with Crippen LogP contribution in [0.25, 0.3) is 22.2 Å². The first-order chi connectivity index (χ1) is 21.8. The summed E-state index contributed by atoms with van der Waals surface area (Å²) in [7, 11) is 1.68. The third-order valence-corrected chi connectivity index (χ3v) is 8.81. The predicted octanol–water partition coefficient (Wildman–Crippen LogP) is 3.66. The molecule has 45 heavy (non-hydrogen) atoms. The van der Waals surface area contributed by atoms with Crippen molar-refractivity contribution in [2.75, 3.05) is 51.4 Å². The number of carbonyl (C=O) groups is 2. The Morgan fingerprint density at radius 3 is 2.84 bits per heavy atom. The van der Waals surface area contributed by atoms with Crippen LogP contribution >= 0.6 is 0 Å². The summed E-state index contributed by atoms with van der Waals surface area (Å²) in [5, 5.41) is 2.82. The van der Waals surface area contributed by atoms with Crippen molar-refractivity contribution in [2.24, 2.45) is 11.1 Å². The van der Waals surface area contributed by atoms with E-state index in [1.54, 1.807) is 18.3 Å². The van der Waals surface area contributed by atoms with Gasteiger partial charge in [-0.2, -0.15) is 0 Å². The van der Waals surface area contributed by atoms with Crippen molar-refractivity contribution < 1.29 is 23.8 Å². The largest absolute Gasteiger partial charge is 0.467 e. The van der Waals surface area contributed by atoms with Crippen molar-refractivity contribution in [1.29, 1.82) is 0 Å². The molecular formula is C34H48N6O5. The molecule has 2 aromatic heterocycles. The molecule has 4 heterocycles. The van der Waals surface area contributed by atoms with Crippen LogP contribution in [0.4, 0.5) is 5.69 Å². The number of anilines is 1. The number of hydrogen-bond acceptors (Lipinski definition) is 9. The molecule has 2 aliphatic heterocycles. The Morgan fingerprint density at radius 1 is 1.27 bits per heavy atom. The van der Waals surface area contributed by atoms with Crippen LogP contribution in [-0.2, 0) is 43.4 Å². The Balaban J connectivity index is 1.49. The number of morpholine rings is 1. The number of aromatic nitrogens is 2. The van der Waals surface area contributed by atoms with Crippen molar-refractivity contribution in [1.82, 2.24) is 20.0 Å². The zero-order valence-electron chi connectivity index (χ0n) is 27.1. The molecule has 3 N–H and O–H groups in total. The topological polar surface area (TPSA) is 124 Å². The minimum atomic E-state index is -0.618. The Kier molecular flexibility index (Phi) is 10.8. The second kappa shape index (κ2) is 14.7. The van der Waals surface area contributed by atoms with Crippen molar-refractivity contribution in [3.63, 3.8) is 0 Å². The zero-order chi connectivity index (χ0) is 32.0. The van der Waals surface area contributed by atoms with Crippen molar-refractivity contribution in [2.45, 2.75) is 71.8 Å². The standard InChI is InChI=1S/C34H48N6O5/c1-5-39-31-11-10-24(38-15-16-45-25(20-38)18-29(35)33(42)40-14-7-6-13-37-40)17-27(31)28(19-34(2,3)22-44-23-41)32(39)26-9-8-12-36-30(26)21-43-4/h8-12,17,23,25,29,37H,5-7,13-16,18-22,35H2,1-4H3. The zero-order valence-corrected chi connectivity index (χ0v) is 27.1. The molecule has 0 radical (unpaired) electrons. The van der Waals surface area contributed by atoms with E-state index in [1.807, 2.05) is 6.07 Å². The monoisotopic (exact) mass is 620 g/mol. The van der Waals surface area contributed by atoms with Gasteiger partial charge in [-0.1, -0.05) is 13.8 Å². The molecular weight excluding hydrogens is 572 g/mol. The van der Waals surface area contributed by atoms with Gasteiger partial charge in [0.05, 0.1) is 43.4 Å². The quantitative estimate of drug-likeness (QED) is 0.276. The van der Waals surface area contributed by atoms with Gasteiger partial charge in [0.1, 0.15) is 0 Å². The molecule has 0 bridgehead atoms. The first-order valence-electron chi connectivity index (χ1n) is 16.1. The van der Waals surface area contributed by atoms with Crippen molar-refractivity contribution in [3.05, 3.63) is 47.8 Å². The average Bonchev–Trinajstić information content (AvgIpc) is 3.35. The van der Waals surface area contributed by atoms with Crippen LogP contribution in [0.15, 0.2) is 36.5 Å². The molecule has 0 spiro atoms. The number of methoxy groups -OCH3 is 1. The van der Waals surface area contributed by atoms with Gasteiger partial charge in [-0.3, -0.25) is 19.6 Å². The SMILES string of the molecule is CCn1c(-c2cccnc2COC)c(CC(C)(C)COC=O)c2cc(N3CCOC(CC(N)C(=O)N4CCCCN4)C3)ccc21. The number of amides is 1. The van der Waals surface area contributed by atoms with Gasteiger partial charge in [-0.25, -0.2) is 5.43 Å². The highest BCUT2D eigenvalue weighted by molar-refractivity contribution is 5.94. The first kappa shape index (κ1) is 32.9. The maximum atomic E-state index is 13.0. The molecule has 2 saturated heterocycles. The second-order valence-electron chi connectivity index (χ2n) is 12.8. The van der Waals surface area contributed by atoms with E-state index < -0.39 is 6.04 Å². The predicted molar refractivity (Wildman–Crippen MR) is 175 cm³/mol. The molecule has 0 aliphatic carbocycles. The summed E-state index contributed by atoms with van der Waals surface area (Å²) in [6.07, 6.45) is 4.85.